The molecule has 1 N–H and O–H groups in total. The van der Waals surface area contributed by atoms with Crippen molar-refractivity contribution in [2.24, 2.45) is 5.92 Å². The number of hydrogen-bond acceptors (Lipinski definition) is 5. The maximum Gasteiger partial charge on any atom is 0.225 e. The van der Waals surface area contributed by atoms with Crippen LogP contribution in [0.15, 0.2) is 63.7 Å². The molecule has 1 atom stereocenters. The molecule has 0 saturated carbocycles. The van der Waals surface area contributed by atoms with Gasteiger partial charge in [-0.3, -0.25) is 4.79 Å². The van der Waals surface area contributed by atoms with Crippen LogP contribution >= 0.6 is 11.3 Å². The first-order chi connectivity index (χ1) is 14.8. The first kappa shape index (κ1) is 21.6. The molecule has 1 aliphatic heterocycles. The smallest absolute Gasteiger partial charge is 0.225 e. The second-order valence-electron chi connectivity index (χ2n) is 8.23. The summed E-state index contributed by atoms with van der Waals surface area (Å²) in [6.45, 7) is 6.73. The zero-order valence-corrected chi connectivity index (χ0v) is 19.3. The van der Waals surface area contributed by atoms with Gasteiger partial charge in [0, 0.05) is 22.6 Å². The number of hydrogen-bond donors (Lipinski definition) is 1. The van der Waals surface area contributed by atoms with Crippen LogP contribution in [0.3, 0.4) is 0 Å². The van der Waals surface area contributed by atoms with Crippen molar-refractivity contribution >= 4 is 32.8 Å². The fraction of sp³-hybridized carbons (Fsp3) is 0.292. The molecule has 2 heterocycles. The summed E-state index contributed by atoms with van der Waals surface area (Å²) >= 11 is 1.37. The summed E-state index contributed by atoms with van der Waals surface area (Å²) in [6.07, 6.45) is 0.281. The van der Waals surface area contributed by atoms with Gasteiger partial charge in [0.1, 0.15) is 10.6 Å². The molecule has 0 bridgehead atoms. The highest BCUT2D eigenvalue weighted by molar-refractivity contribution is 7.91. The van der Waals surface area contributed by atoms with E-state index in [1.54, 1.807) is 29.6 Å². The number of thiophene rings is 1. The lowest BCUT2D eigenvalue weighted by Gasteiger charge is -2.24. The molecule has 1 amide bonds. The largest absolute Gasteiger partial charge is 0.493 e. The molecule has 0 spiro atoms. The monoisotopic (exact) mass is 455 g/mol. The highest BCUT2D eigenvalue weighted by atomic mass is 32.2. The van der Waals surface area contributed by atoms with Crippen LogP contribution < -0.4 is 10.1 Å². The number of amides is 1. The summed E-state index contributed by atoms with van der Waals surface area (Å²) in [5.41, 5.74) is 2.36. The summed E-state index contributed by atoms with van der Waals surface area (Å²) in [4.78, 5) is 13.7. The standard InChI is InChI=1S/C24H25NO4S2/c1-15(2)13-29-18-8-6-17(7-9-18)20-12-22(26)25-23-21(14-30-24(20)23)31(27,28)19-10-4-16(3)5-11-19/h4-11,14-15,20H,12-13H2,1-3H3,(H,25,26)/t20-/m1/s1. The van der Waals surface area contributed by atoms with Gasteiger partial charge in [0.2, 0.25) is 15.7 Å². The second-order valence-corrected chi connectivity index (χ2v) is 11.1. The first-order valence-electron chi connectivity index (χ1n) is 10.2. The molecule has 5 nitrogen and oxygen atoms in total. The minimum Gasteiger partial charge on any atom is -0.493 e. The molecule has 0 unspecified atom stereocenters. The SMILES string of the molecule is Cc1ccc(S(=O)(=O)c2csc3c2NC(=O)C[C@@H]3c2ccc(OCC(C)C)cc2)cc1. The molecule has 4 rings (SSSR count). The molecule has 7 heteroatoms. The normalized spacial score (nSPS) is 16.1. The van der Waals surface area contributed by atoms with Gasteiger partial charge in [-0.1, -0.05) is 43.7 Å². The molecular formula is C24H25NO4S2. The molecule has 0 fully saturated rings. The van der Waals surface area contributed by atoms with Gasteiger partial charge in [0.05, 0.1) is 17.2 Å². The van der Waals surface area contributed by atoms with E-state index in [2.05, 4.69) is 19.2 Å². The molecule has 31 heavy (non-hydrogen) atoms. The van der Waals surface area contributed by atoms with Crippen molar-refractivity contribution in [1.29, 1.82) is 0 Å². The number of rotatable bonds is 6. The van der Waals surface area contributed by atoms with Gasteiger partial charge in [-0.25, -0.2) is 8.42 Å². The molecule has 1 aliphatic rings. The molecule has 3 aromatic rings. The van der Waals surface area contributed by atoms with Gasteiger partial charge >= 0.3 is 0 Å². The van der Waals surface area contributed by atoms with Crippen LogP contribution in [0.1, 0.15) is 42.2 Å². The molecule has 1 aromatic heterocycles. The van der Waals surface area contributed by atoms with E-state index in [1.165, 1.54) is 11.3 Å². The molecule has 162 valence electrons. The highest BCUT2D eigenvalue weighted by Crippen LogP contribution is 2.46. The van der Waals surface area contributed by atoms with E-state index < -0.39 is 9.84 Å². The lowest BCUT2D eigenvalue weighted by Crippen LogP contribution is -2.23. The minimum absolute atomic E-state index is 0.159. The summed E-state index contributed by atoms with van der Waals surface area (Å²) in [7, 11) is -3.73. The maximum absolute atomic E-state index is 13.2. The fourth-order valence-corrected chi connectivity index (χ4v) is 6.48. The van der Waals surface area contributed by atoms with Crippen molar-refractivity contribution in [2.75, 3.05) is 11.9 Å². The summed E-state index contributed by atoms with van der Waals surface area (Å²) in [5, 5.41) is 4.44. The third kappa shape index (κ3) is 4.38. The summed E-state index contributed by atoms with van der Waals surface area (Å²) in [5.74, 6) is 0.849. The van der Waals surface area contributed by atoms with Gasteiger partial charge in [-0.15, -0.1) is 11.3 Å². The van der Waals surface area contributed by atoms with Gasteiger partial charge in [-0.05, 0) is 42.7 Å². The lowest BCUT2D eigenvalue weighted by molar-refractivity contribution is -0.116. The topological polar surface area (TPSA) is 72.5 Å². The Hall–Kier alpha value is -2.64. The number of fused-ring (bicyclic) bond motifs is 1. The van der Waals surface area contributed by atoms with E-state index in [1.807, 2.05) is 31.2 Å². The third-order valence-corrected chi connectivity index (χ3v) is 8.28. The van der Waals surface area contributed by atoms with E-state index in [4.69, 9.17) is 4.74 Å². The van der Waals surface area contributed by atoms with Crippen molar-refractivity contribution in [3.05, 3.63) is 69.9 Å². The van der Waals surface area contributed by atoms with E-state index in [-0.39, 0.29) is 28.0 Å². The Morgan fingerprint density at radius 1 is 1.10 bits per heavy atom. The van der Waals surface area contributed by atoms with Crippen molar-refractivity contribution in [3.63, 3.8) is 0 Å². The van der Waals surface area contributed by atoms with Crippen molar-refractivity contribution in [2.45, 2.75) is 42.9 Å². The Labute approximate surface area is 187 Å². The number of carbonyl (C=O) groups excluding carboxylic acids is 1. The van der Waals surface area contributed by atoms with E-state index >= 15 is 0 Å². The predicted molar refractivity (Wildman–Crippen MR) is 123 cm³/mol. The number of benzene rings is 2. The van der Waals surface area contributed by atoms with Crippen molar-refractivity contribution < 1.29 is 17.9 Å². The number of aryl methyl sites for hydroxylation is 1. The molecule has 0 aliphatic carbocycles. The Morgan fingerprint density at radius 2 is 1.77 bits per heavy atom. The Morgan fingerprint density at radius 3 is 2.42 bits per heavy atom. The first-order valence-corrected chi connectivity index (χ1v) is 12.6. The highest BCUT2D eigenvalue weighted by Gasteiger charge is 2.34. The van der Waals surface area contributed by atoms with Crippen LogP contribution in [0.2, 0.25) is 0 Å². The number of nitrogens with one attached hydrogen (secondary N) is 1. The van der Waals surface area contributed by atoms with Gasteiger partial charge in [-0.2, -0.15) is 0 Å². The van der Waals surface area contributed by atoms with E-state index in [0.29, 0.717) is 18.2 Å². The quantitative estimate of drug-likeness (QED) is 0.540. The zero-order valence-electron chi connectivity index (χ0n) is 17.7. The van der Waals surface area contributed by atoms with Crippen LogP contribution in [-0.2, 0) is 14.6 Å². The van der Waals surface area contributed by atoms with Gasteiger partial charge in [0.15, 0.2) is 0 Å². The predicted octanol–water partition coefficient (Wildman–Crippen LogP) is 5.40. The molecule has 2 aromatic carbocycles. The van der Waals surface area contributed by atoms with Crippen LogP contribution in [0.25, 0.3) is 0 Å². The third-order valence-electron chi connectivity index (χ3n) is 5.24. The van der Waals surface area contributed by atoms with Crippen LogP contribution in [0.5, 0.6) is 5.75 Å². The molecular weight excluding hydrogens is 430 g/mol. The zero-order chi connectivity index (χ0) is 22.2. The molecule has 0 radical (unpaired) electrons. The number of ether oxygens (including phenoxy) is 1. The van der Waals surface area contributed by atoms with E-state index in [9.17, 15) is 13.2 Å². The molecule has 0 saturated heterocycles. The Kier molecular flexibility index (Phi) is 5.90. The van der Waals surface area contributed by atoms with Crippen LogP contribution in [0.4, 0.5) is 5.69 Å². The van der Waals surface area contributed by atoms with Crippen molar-refractivity contribution in [1.82, 2.24) is 0 Å². The second kappa shape index (κ2) is 8.48. The minimum atomic E-state index is -3.73. The fourth-order valence-electron chi connectivity index (χ4n) is 3.57. The Bertz CT molecular complexity index is 1190. The average molecular weight is 456 g/mol. The number of carbonyl (C=O) groups is 1. The summed E-state index contributed by atoms with van der Waals surface area (Å²) in [6, 6.07) is 14.5. The van der Waals surface area contributed by atoms with Gasteiger partial charge < -0.3 is 10.1 Å². The van der Waals surface area contributed by atoms with E-state index in [0.717, 1.165) is 21.8 Å². The lowest BCUT2D eigenvalue weighted by atomic mass is 9.90. The number of anilines is 1. The average Bonchev–Trinajstić information content (AvgIpc) is 3.17. The van der Waals surface area contributed by atoms with Crippen molar-refractivity contribution in [3.8, 4) is 5.75 Å². The van der Waals surface area contributed by atoms with Gasteiger partial charge in [0.25, 0.3) is 0 Å². The van der Waals surface area contributed by atoms with Crippen LogP contribution in [-0.4, -0.2) is 20.9 Å². The Balaban J connectivity index is 1.68. The van der Waals surface area contributed by atoms with Crippen LogP contribution in [0, 0.1) is 12.8 Å². The maximum atomic E-state index is 13.2. The summed E-state index contributed by atoms with van der Waals surface area (Å²) < 4.78 is 32.2. The number of sulfone groups is 1.